The van der Waals surface area contributed by atoms with Crippen molar-refractivity contribution in [1.82, 2.24) is 4.57 Å². The van der Waals surface area contributed by atoms with Crippen LogP contribution in [0.4, 0.5) is 0 Å². The van der Waals surface area contributed by atoms with E-state index in [0.717, 1.165) is 28.1 Å². The van der Waals surface area contributed by atoms with E-state index in [9.17, 15) is 15.0 Å². The number of benzene rings is 1. The average Bonchev–Trinajstić information content (AvgIpc) is 3.38. The molecule has 7 nitrogen and oxygen atoms in total. The van der Waals surface area contributed by atoms with E-state index in [1.54, 1.807) is 13.2 Å². The molecule has 2 aromatic heterocycles. The van der Waals surface area contributed by atoms with Gasteiger partial charge in [0.15, 0.2) is 11.5 Å². The van der Waals surface area contributed by atoms with Crippen LogP contribution < -0.4 is 9.47 Å². The minimum atomic E-state index is -0.997. The lowest BCUT2D eigenvalue weighted by molar-refractivity contribution is 0.0527. The third-order valence-corrected chi connectivity index (χ3v) is 5.87. The number of aryl methyl sites for hydroxylation is 1. The van der Waals surface area contributed by atoms with Gasteiger partial charge in [-0.15, -0.1) is 11.3 Å². The lowest BCUT2D eigenvalue weighted by Gasteiger charge is -2.23. The molecule has 152 valence electrons. The maximum atomic E-state index is 11.9. The van der Waals surface area contributed by atoms with Crippen molar-refractivity contribution >= 4 is 17.3 Å². The van der Waals surface area contributed by atoms with E-state index in [4.69, 9.17) is 14.6 Å². The smallest absolute Gasteiger partial charge is 0.337 e. The van der Waals surface area contributed by atoms with Gasteiger partial charge in [0.25, 0.3) is 0 Å². The largest absolute Gasteiger partial charge is 0.493 e. The number of ether oxygens (including phenoxy) is 2. The zero-order chi connectivity index (χ0) is 20.5. The van der Waals surface area contributed by atoms with E-state index in [0.29, 0.717) is 23.7 Å². The van der Waals surface area contributed by atoms with E-state index in [2.05, 4.69) is 0 Å². The van der Waals surface area contributed by atoms with Crippen molar-refractivity contribution in [2.75, 3.05) is 20.3 Å². The number of thiophene rings is 1. The summed E-state index contributed by atoms with van der Waals surface area (Å²) in [5.41, 5.74) is 3.70. The first-order valence-corrected chi connectivity index (χ1v) is 10.0. The fourth-order valence-electron chi connectivity index (χ4n) is 3.64. The van der Waals surface area contributed by atoms with E-state index in [1.165, 1.54) is 11.3 Å². The summed E-state index contributed by atoms with van der Waals surface area (Å²) in [6.45, 7) is 0.186. The highest BCUT2D eigenvalue weighted by atomic mass is 32.1. The number of rotatable bonds is 7. The number of hydrogen-bond acceptors (Lipinski definition) is 6. The number of carboxylic acids is 1. The minimum Gasteiger partial charge on any atom is -0.493 e. The van der Waals surface area contributed by atoms with Crippen molar-refractivity contribution in [2.24, 2.45) is 0 Å². The van der Waals surface area contributed by atoms with Crippen LogP contribution in [0.1, 0.15) is 15.9 Å². The van der Waals surface area contributed by atoms with Gasteiger partial charge in [-0.05, 0) is 41.6 Å². The number of aliphatic hydroxyl groups excluding tert-OH is 2. The Hall–Kier alpha value is -2.81. The van der Waals surface area contributed by atoms with Crippen LogP contribution in [0.15, 0.2) is 35.7 Å². The molecule has 0 fully saturated rings. The molecule has 0 aliphatic carbocycles. The molecule has 0 amide bonds. The summed E-state index contributed by atoms with van der Waals surface area (Å²) in [5.74, 6) is 0.00156. The van der Waals surface area contributed by atoms with Crippen molar-refractivity contribution < 1.29 is 29.6 Å². The summed E-state index contributed by atoms with van der Waals surface area (Å²) >= 11 is 1.51. The van der Waals surface area contributed by atoms with Gasteiger partial charge in [-0.1, -0.05) is 6.07 Å². The van der Waals surface area contributed by atoms with Gasteiger partial charge in [-0.2, -0.15) is 0 Å². The molecule has 8 heteroatoms. The highest BCUT2D eigenvalue weighted by molar-refractivity contribution is 7.13. The lowest BCUT2D eigenvalue weighted by atomic mass is 9.97. The van der Waals surface area contributed by atoms with E-state index >= 15 is 0 Å². The number of aromatic carboxylic acids is 1. The first-order valence-electron chi connectivity index (χ1n) is 9.17. The predicted molar refractivity (Wildman–Crippen MR) is 109 cm³/mol. The van der Waals surface area contributed by atoms with Gasteiger partial charge in [0, 0.05) is 17.8 Å². The van der Waals surface area contributed by atoms with E-state index in [-0.39, 0.29) is 12.2 Å². The standard InChI is InChI=1S/C21H21NO6S/c1-27-17-7-12-4-5-22-16(14(12)9-18(17)28-11-13(24)10-23)8-15(21(25)26)20(22)19-3-2-6-29-19/h2-3,6-9,13,23-24H,4-5,10-11H2,1H3,(H,25,26). The predicted octanol–water partition coefficient (Wildman–Crippen LogP) is 2.88. The Morgan fingerprint density at radius 1 is 1.31 bits per heavy atom. The molecule has 1 aliphatic rings. The van der Waals surface area contributed by atoms with Crippen LogP contribution in [0.2, 0.25) is 0 Å². The third kappa shape index (κ3) is 3.50. The Morgan fingerprint density at radius 2 is 2.14 bits per heavy atom. The van der Waals surface area contributed by atoms with Gasteiger partial charge in [0.2, 0.25) is 0 Å². The van der Waals surface area contributed by atoms with Crippen LogP contribution in [-0.2, 0) is 13.0 Å². The molecule has 1 aromatic carbocycles. The van der Waals surface area contributed by atoms with Gasteiger partial charge >= 0.3 is 5.97 Å². The Morgan fingerprint density at radius 3 is 2.79 bits per heavy atom. The van der Waals surface area contributed by atoms with Gasteiger partial charge < -0.3 is 29.4 Å². The maximum absolute atomic E-state index is 11.9. The van der Waals surface area contributed by atoms with Crippen molar-refractivity contribution in [3.8, 4) is 33.3 Å². The normalized spacial score (nSPS) is 13.5. The van der Waals surface area contributed by atoms with Crippen molar-refractivity contribution in [2.45, 2.75) is 19.1 Å². The molecule has 3 N–H and O–H groups in total. The zero-order valence-corrected chi connectivity index (χ0v) is 16.6. The molecule has 1 atom stereocenters. The molecule has 3 heterocycles. The van der Waals surface area contributed by atoms with Crippen LogP contribution in [0.25, 0.3) is 21.8 Å². The summed E-state index contributed by atoms with van der Waals surface area (Å²) in [6, 6.07) is 9.23. The molecule has 0 saturated heterocycles. The van der Waals surface area contributed by atoms with Crippen LogP contribution in [0.3, 0.4) is 0 Å². The SMILES string of the molecule is COc1cc2c(cc1OCC(O)CO)-c1cc(C(=O)O)c(-c3cccs3)n1CC2. The number of carbonyl (C=O) groups is 1. The molecule has 4 rings (SSSR count). The maximum Gasteiger partial charge on any atom is 0.337 e. The van der Waals surface area contributed by atoms with Gasteiger partial charge in [0.05, 0.1) is 29.9 Å². The number of nitrogens with zero attached hydrogens (tertiary/aromatic N) is 1. The highest BCUT2D eigenvalue weighted by Crippen LogP contribution is 2.43. The number of aliphatic hydroxyl groups is 2. The Kier molecular flexibility index (Phi) is 5.31. The monoisotopic (exact) mass is 415 g/mol. The van der Waals surface area contributed by atoms with Crippen LogP contribution >= 0.6 is 11.3 Å². The van der Waals surface area contributed by atoms with Crippen molar-refractivity contribution in [1.29, 1.82) is 0 Å². The fraction of sp³-hybridized carbons (Fsp3) is 0.286. The average molecular weight is 415 g/mol. The molecule has 0 bridgehead atoms. The van der Waals surface area contributed by atoms with Gasteiger partial charge in [-0.25, -0.2) is 4.79 Å². The zero-order valence-electron chi connectivity index (χ0n) is 15.8. The Bertz CT molecular complexity index is 1040. The van der Waals surface area contributed by atoms with Crippen LogP contribution in [-0.4, -0.2) is 52.3 Å². The Labute approximate surface area is 171 Å². The van der Waals surface area contributed by atoms with Gasteiger partial charge in [0.1, 0.15) is 12.7 Å². The summed E-state index contributed by atoms with van der Waals surface area (Å²) < 4.78 is 13.1. The van der Waals surface area contributed by atoms with Crippen LogP contribution in [0, 0.1) is 0 Å². The fourth-order valence-corrected chi connectivity index (χ4v) is 4.43. The summed E-state index contributed by atoms with van der Waals surface area (Å²) in [4.78, 5) is 12.8. The first-order chi connectivity index (χ1) is 14.0. The molecule has 0 spiro atoms. The molecule has 1 unspecified atom stereocenters. The summed E-state index contributed by atoms with van der Waals surface area (Å²) in [7, 11) is 1.54. The third-order valence-electron chi connectivity index (χ3n) is 4.99. The van der Waals surface area contributed by atoms with Crippen molar-refractivity contribution in [3.05, 3.63) is 46.8 Å². The molecule has 1 aliphatic heterocycles. The summed E-state index contributed by atoms with van der Waals surface area (Å²) in [6.07, 6.45) is -0.270. The topological polar surface area (TPSA) is 101 Å². The van der Waals surface area contributed by atoms with Crippen molar-refractivity contribution in [3.63, 3.8) is 0 Å². The molecular weight excluding hydrogens is 394 g/mol. The second-order valence-electron chi connectivity index (χ2n) is 6.78. The quantitative estimate of drug-likeness (QED) is 0.549. The highest BCUT2D eigenvalue weighted by Gasteiger charge is 2.27. The number of fused-ring (bicyclic) bond motifs is 3. The van der Waals surface area contributed by atoms with Crippen LogP contribution in [0.5, 0.6) is 11.5 Å². The molecule has 3 aromatic rings. The molecule has 29 heavy (non-hydrogen) atoms. The number of aromatic nitrogens is 1. The second kappa shape index (κ2) is 7.90. The minimum absolute atomic E-state index is 0.0759. The van der Waals surface area contributed by atoms with Gasteiger partial charge in [-0.3, -0.25) is 0 Å². The molecule has 0 saturated carbocycles. The molecular formula is C21H21NO6S. The molecule has 0 radical (unpaired) electrons. The number of carboxylic acid groups (broad SMARTS) is 1. The van der Waals surface area contributed by atoms with E-state index < -0.39 is 18.7 Å². The Balaban J connectivity index is 1.83. The second-order valence-corrected chi connectivity index (χ2v) is 7.73. The number of hydrogen-bond donors (Lipinski definition) is 3. The number of methoxy groups -OCH3 is 1. The summed E-state index contributed by atoms with van der Waals surface area (Å²) in [5, 5.41) is 30.3. The van der Waals surface area contributed by atoms with E-state index in [1.807, 2.05) is 34.2 Å². The lowest BCUT2D eigenvalue weighted by Crippen LogP contribution is -2.21. The first kappa shape index (κ1) is 19.5.